The number of methoxy groups -OCH3 is 1. The average molecular weight is 350 g/mol. The highest BCUT2D eigenvalue weighted by atomic mass is 79.9. The number of hydrogen-bond donors (Lipinski definition) is 1. The summed E-state index contributed by atoms with van der Waals surface area (Å²) >= 11 is 3.33. The molecular formula is C16H16BrNO3. The molecule has 110 valence electrons. The van der Waals surface area contributed by atoms with Crippen molar-refractivity contribution in [3.8, 4) is 0 Å². The van der Waals surface area contributed by atoms with Crippen molar-refractivity contribution in [1.82, 2.24) is 5.32 Å². The Morgan fingerprint density at radius 1 is 1.14 bits per heavy atom. The Bertz CT molecular complexity index is 622. The summed E-state index contributed by atoms with van der Waals surface area (Å²) in [6, 6.07) is 7.03. The van der Waals surface area contributed by atoms with Crippen molar-refractivity contribution >= 4 is 27.6 Å². The van der Waals surface area contributed by atoms with E-state index in [9.17, 15) is 9.59 Å². The minimum Gasteiger partial charge on any atom is -0.351 e. The van der Waals surface area contributed by atoms with E-state index in [1.165, 1.54) is 19.3 Å². The van der Waals surface area contributed by atoms with E-state index in [2.05, 4.69) is 21.2 Å². The smallest absolute Gasteiger partial charge is 0.253 e. The Hall–Kier alpha value is -1.72. The molecule has 0 radical (unpaired) electrons. The summed E-state index contributed by atoms with van der Waals surface area (Å²) < 4.78 is 6.44. The fourth-order valence-corrected chi connectivity index (χ4v) is 2.65. The van der Waals surface area contributed by atoms with E-state index in [0.29, 0.717) is 16.7 Å². The number of benzene rings is 1. The molecule has 0 saturated heterocycles. The van der Waals surface area contributed by atoms with Gasteiger partial charge in [-0.1, -0.05) is 15.9 Å². The summed E-state index contributed by atoms with van der Waals surface area (Å²) in [5.41, 5.74) is 0.756. The largest absolute Gasteiger partial charge is 0.351 e. The Balaban J connectivity index is 2.32. The van der Waals surface area contributed by atoms with Gasteiger partial charge in [0, 0.05) is 17.1 Å². The maximum absolute atomic E-state index is 12.4. The van der Waals surface area contributed by atoms with Gasteiger partial charge in [0.15, 0.2) is 11.5 Å². The third-order valence-corrected chi connectivity index (χ3v) is 4.06. The van der Waals surface area contributed by atoms with Crippen LogP contribution in [0.15, 0.2) is 52.0 Å². The molecule has 1 amide bonds. The standard InChI is InChI=1S/C16H16BrNO3/c1-10-8-14(19)9-11(2)16(10,21-3)18-15(20)12-4-6-13(17)7-5-12/h4-9H,1-3H3,(H,18,20). The zero-order valence-electron chi connectivity index (χ0n) is 12.1. The van der Waals surface area contributed by atoms with Crippen LogP contribution in [0.25, 0.3) is 0 Å². The molecule has 5 heteroatoms. The monoisotopic (exact) mass is 349 g/mol. The van der Waals surface area contributed by atoms with Crippen molar-refractivity contribution in [2.24, 2.45) is 0 Å². The van der Waals surface area contributed by atoms with Crippen LogP contribution in [0.4, 0.5) is 0 Å². The predicted molar refractivity (Wildman–Crippen MR) is 83.9 cm³/mol. The molecule has 0 heterocycles. The number of ether oxygens (including phenoxy) is 1. The maximum Gasteiger partial charge on any atom is 0.253 e. The molecule has 1 aromatic rings. The fourth-order valence-electron chi connectivity index (χ4n) is 2.39. The molecule has 0 saturated carbocycles. The van der Waals surface area contributed by atoms with Crippen molar-refractivity contribution in [1.29, 1.82) is 0 Å². The van der Waals surface area contributed by atoms with Gasteiger partial charge >= 0.3 is 0 Å². The predicted octanol–water partition coefficient (Wildman–Crippen LogP) is 3.00. The number of ketones is 1. The van der Waals surface area contributed by atoms with Gasteiger partial charge in [-0.25, -0.2) is 0 Å². The zero-order valence-corrected chi connectivity index (χ0v) is 13.7. The molecule has 4 nitrogen and oxygen atoms in total. The van der Waals surface area contributed by atoms with Crippen LogP contribution in [0, 0.1) is 0 Å². The summed E-state index contributed by atoms with van der Waals surface area (Å²) in [6.45, 7) is 3.53. The summed E-state index contributed by atoms with van der Waals surface area (Å²) in [4.78, 5) is 24.0. The first-order chi connectivity index (χ1) is 9.89. The lowest BCUT2D eigenvalue weighted by Gasteiger charge is -2.37. The molecule has 21 heavy (non-hydrogen) atoms. The Labute approximate surface area is 132 Å². The number of amides is 1. The molecular weight excluding hydrogens is 334 g/mol. The van der Waals surface area contributed by atoms with Crippen LogP contribution in [0.1, 0.15) is 24.2 Å². The first-order valence-electron chi connectivity index (χ1n) is 6.44. The molecule has 0 aliphatic heterocycles. The molecule has 0 fully saturated rings. The molecule has 0 aromatic heterocycles. The second-order valence-electron chi connectivity index (χ2n) is 4.90. The number of halogens is 1. The van der Waals surface area contributed by atoms with Crippen molar-refractivity contribution in [2.75, 3.05) is 7.11 Å². The van der Waals surface area contributed by atoms with Crippen LogP contribution < -0.4 is 5.32 Å². The van der Waals surface area contributed by atoms with Crippen LogP contribution in [0.5, 0.6) is 0 Å². The van der Waals surface area contributed by atoms with Crippen LogP contribution >= 0.6 is 15.9 Å². The van der Waals surface area contributed by atoms with Crippen molar-refractivity contribution in [3.05, 3.63) is 57.6 Å². The third-order valence-electron chi connectivity index (χ3n) is 3.53. The van der Waals surface area contributed by atoms with Gasteiger partial charge in [-0.15, -0.1) is 0 Å². The Morgan fingerprint density at radius 2 is 1.67 bits per heavy atom. The third kappa shape index (κ3) is 2.99. The minimum absolute atomic E-state index is 0.101. The molecule has 2 rings (SSSR count). The summed E-state index contributed by atoms with van der Waals surface area (Å²) in [7, 11) is 1.51. The average Bonchev–Trinajstić information content (AvgIpc) is 2.43. The molecule has 1 N–H and O–H groups in total. The summed E-state index contributed by atoms with van der Waals surface area (Å²) in [5.74, 6) is -0.366. The lowest BCUT2D eigenvalue weighted by atomic mass is 9.89. The van der Waals surface area contributed by atoms with Crippen molar-refractivity contribution < 1.29 is 14.3 Å². The van der Waals surface area contributed by atoms with Crippen molar-refractivity contribution in [2.45, 2.75) is 19.6 Å². The topological polar surface area (TPSA) is 55.4 Å². The molecule has 0 atom stereocenters. The number of rotatable bonds is 3. The fraction of sp³-hybridized carbons (Fsp3) is 0.250. The van der Waals surface area contributed by atoms with Gasteiger partial charge in [0.1, 0.15) is 0 Å². The van der Waals surface area contributed by atoms with E-state index in [-0.39, 0.29) is 11.7 Å². The van der Waals surface area contributed by atoms with Gasteiger partial charge in [0.05, 0.1) is 0 Å². The quantitative estimate of drug-likeness (QED) is 0.853. The van der Waals surface area contributed by atoms with E-state index >= 15 is 0 Å². The number of carbonyl (C=O) groups excluding carboxylic acids is 2. The zero-order chi connectivity index (χ0) is 15.6. The van der Waals surface area contributed by atoms with Crippen LogP contribution in [-0.4, -0.2) is 24.5 Å². The second kappa shape index (κ2) is 5.95. The lowest BCUT2D eigenvalue weighted by Crippen LogP contribution is -2.53. The highest BCUT2D eigenvalue weighted by Crippen LogP contribution is 2.30. The number of nitrogens with one attached hydrogen (secondary N) is 1. The van der Waals surface area contributed by atoms with Gasteiger partial charge in [0.25, 0.3) is 5.91 Å². The van der Waals surface area contributed by atoms with Crippen LogP contribution in [0.3, 0.4) is 0 Å². The molecule has 1 aliphatic carbocycles. The van der Waals surface area contributed by atoms with Gasteiger partial charge < -0.3 is 10.1 Å². The van der Waals surface area contributed by atoms with Crippen LogP contribution in [-0.2, 0) is 9.53 Å². The normalized spacial score (nSPS) is 17.0. The number of allylic oxidation sites excluding steroid dienone is 2. The summed E-state index contributed by atoms with van der Waals surface area (Å²) in [6.07, 6.45) is 2.94. The van der Waals surface area contributed by atoms with E-state index in [0.717, 1.165) is 4.47 Å². The summed E-state index contributed by atoms with van der Waals surface area (Å²) in [5, 5.41) is 2.87. The van der Waals surface area contributed by atoms with E-state index < -0.39 is 5.72 Å². The Kier molecular flexibility index (Phi) is 4.44. The van der Waals surface area contributed by atoms with Gasteiger partial charge in [-0.05, 0) is 61.4 Å². The van der Waals surface area contributed by atoms with E-state index in [1.807, 2.05) is 0 Å². The van der Waals surface area contributed by atoms with E-state index in [4.69, 9.17) is 4.74 Å². The molecule has 1 aromatic carbocycles. The second-order valence-corrected chi connectivity index (χ2v) is 5.82. The molecule has 0 bridgehead atoms. The number of carbonyl (C=O) groups is 2. The first-order valence-corrected chi connectivity index (χ1v) is 7.23. The van der Waals surface area contributed by atoms with Gasteiger partial charge in [-0.3, -0.25) is 9.59 Å². The maximum atomic E-state index is 12.4. The van der Waals surface area contributed by atoms with Crippen LogP contribution in [0.2, 0.25) is 0 Å². The van der Waals surface area contributed by atoms with E-state index in [1.54, 1.807) is 38.1 Å². The highest BCUT2D eigenvalue weighted by molar-refractivity contribution is 9.10. The van der Waals surface area contributed by atoms with Crippen molar-refractivity contribution in [3.63, 3.8) is 0 Å². The first kappa shape index (κ1) is 15.7. The van der Waals surface area contributed by atoms with Gasteiger partial charge in [0.2, 0.25) is 0 Å². The molecule has 0 unspecified atom stereocenters. The van der Waals surface area contributed by atoms with Gasteiger partial charge in [-0.2, -0.15) is 0 Å². The highest BCUT2D eigenvalue weighted by Gasteiger charge is 2.38. The molecule has 1 aliphatic rings. The Morgan fingerprint density at radius 3 is 2.14 bits per heavy atom. The minimum atomic E-state index is -1.07. The SMILES string of the molecule is COC1(NC(=O)c2ccc(Br)cc2)C(C)=CC(=O)C=C1C. The molecule has 0 spiro atoms. The lowest BCUT2D eigenvalue weighted by molar-refractivity contribution is -0.111. The number of hydrogen-bond acceptors (Lipinski definition) is 3.